The molecule has 4 nitrogen and oxygen atoms in total. The van der Waals surface area contributed by atoms with Gasteiger partial charge in [0.2, 0.25) is 0 Å². The summed E-state index contributed by atoms with van der Waals surface area (Å²) in [6, 6.07) is 0.334. The van der Waals surface area contributed by atoms with Gasteiger partial charge in [0.15, 0.2) is 0 Å². The molecule has 4 heteroatoms. The third-order valence-electron chi connectivity index (χ3n) is 2.61. The molecule has 0 aliphatic heterocycles. The molecular formula is C9H15N3O. The molecule has 13 heavy (non-hydrogen) atoms. The first-order chi connectivity index (χ1) is 6.25. The highest BCUT2D eigenvalue weighted by Gasteiger charge is 2.21. The molecule has 0 unspecified atom stereocenters. The fourth-order valence-corrected chi connectivity index (χ4v) is 1.93. The Labute approximate surface area is 77.4 Å². The smallest absolute Gasteiger partial charge is 0.0719 e. The number of hydrogen-bond donors (Lipinski definition) is 2. The monoisotopic (exact) mass is 181 g/mol. The van der Waals surface area contributed by atoms with E-state index in [1.165, 1.54) is 0 Å². The summed E-state index contributed by atoms with van der Waals surface area (Å²) in [5.41, 5.74) is 6.27. The Kier molecular flexibility index (Phi) is 2.22. The molecule has 0 spiro atoms. The number of aliphatic hydroxyl groups excluding tert-OH is 1. The SMILES string of the molecule is Nc1cnn([C@@H]2CCC[C@H](O)C2)c1. The van der Waals surface area contributed by atoms with Crippen LogP contribution in [0.1, 0.15) is 31.7 Å². The van der Waals surface area contributed by atoms with E-state index in [4.69, 9.17) is 5.73 Å². The summed E-state index contributed by atoms with van der Waals surface area (Å²) in [5.74, 6) is 0. The summed E-state index contributed by atoms with van der Waals surface area (Å²) in [6.45, 7) is 0. The standard InChI is InChI=1S/C9H15N3O/c10-7-5-11-12(6-7)8-2-1-3-9(13)4-8/h5-6,8-9,13H,1-4,10H2/t8-,9+/m1/s1. The van der Waals surface area contributed by atoms with Crippen LogP contribution in [0.2, 0.25) is 0 Å². The van der Waals surface area contributed by atoms with E-state index in [1.54, 1.807) is 6.20 Å². The lowest BCUT2D eigenvalue weighted by atomic mass is 9.93. The number of hydrogen-bond acceptors (Lipinski definition) is 3. The molecule has 0 amide bonds. The normalized spacial score (nSPS) is 29.0. The third kappa shape index (κ3) is 1.83. The van der Waals surface area contributed by atoms with Gasteiger partial charge in [-0.25, -0.2) is 0 Å². The maximum absolute atomic E-state index is 9.48. The quantitative estimate of drug-likeness (QED) is 0.677. The summed E-state index contributed by atoms with van der Waals surface area (Å²) in [6.07, 6.45) is 7.23. The van der Waals surface area contributed by atoms with Crippen LogP contribution in [0.5, 0.6) is 0 Å². The number of nitrogen functional groups attached to an aromatic ring is 1. The Hall–Kier alpha value is -1.03. The van der Waals surface area contributed by atoms with Gasteiger partial charge in [0.05, 0.1) is 24.0 Å². The summed E-state index contributed by atoms with van der Waals surface area (Å²) < 4.78 is 1.87. The van der Waals surface area contributed by atoms with Crippen molar-refractivity contribution in [2.75, 3.05) is 5.73 Å². The molecule has 1 saturated carbocycles. The van der Waals surface area contributed by atoms with E-state index in [2.05, 4.69) is 5.10 Å². The average molecular weight is 181 g/mol. The van der Waals surface area contributed by atoms with Gasteiger partial charge in [0.1, 0.15) is 0 Å². The Bertz CT molecular complexity index is 284. The number of aromatic nitrogens is 2. The van der Waals surface area contributed by atoms with Crippen molar-refractivity contribution in [1.29, 1.82) is 0 Å². The zero-order valence-electron chi connectivity index (χ0n) is 7.56. The minimum absolute atomic E-state index is 0.163. The molecular weight excluding hydrogens is 166 g/mol. The maximum Gasteiger partial charge on any atom is 0.0719 e. The van der Waals surface area contributed by atoms with Crippen molar-refractivity contribution >= 4 is 5.69 Å². The molecule has 2 atom stereocenters. The van der Waals surface area contributed by atoms with Gasteiger partial charge in [0, 0.05) is 6.20 Å². The third-order valence-corrected chi connectivity index (χ3v) is 2.61. The van der Waals surface area contributed by atoms with Crippen LogP contribution in [0, 0.1) is 0 Å². The van der Waals surface area contributed by atoms with Crippen LogP contribution >= 0.6 is 0 Å². The largest absolute Gasteiger partial charge is 0.396 e. The molecule has 1 fully saturated rings. The second-order valence-electron chi connectivity index (χ2n) is 3.73. The van der Waals surface area contributed by atoms with E-state index in [1.807, 2.05) is 10.9 Å². The van der Waals surface area contributed by atoms with Gasteiger partial charge < -0.3 is 10.8 Å². The average Bonchev–Trinajstić information content (AvgIpc) is 2.52. The van der Waals surface area contributed by atoms with E-state index >= 15 is 0 Å². The molecule has 1 aliphatic rings. The van der Waals surface area contributed by atoms with E-state index in [-0.39, 0.29) is 6.10 Å². The lowest BCUT2D eigenvalue weighted by Crippen LogP contribution is -2.22. The van der Waals surface area contributed by atoms with Gasteiger partial charge in [-0.1, -0.05) is 0 Å². The molecule has 3 N–H and O–H groups in total. The van der Waals surface area contributed by atoms with Gasteiger partial charge in [0.25, 0.3) is 0 Å². The highest BCUT2D eigenvalue weighted by atomic mass is 16.3. The van der Waals surface area contributed by atoms with Crippen LogP contribution in [-0.2, 0) is 0 Å². The van der Waals surface area contributed by atoms with Crippen molar-refractivity contribution in [3.63, 3.8) is 0 Å². The van der Waals surface area contributed by atoms with Crippen LogP contribution in [-0.4, -0.2) is 21.0 Å². The molecule has 0 aromatic carbocycles. The fourth-order valence-electron chi connectivity index (χ4n) is 1.93. The topological polar surface area (TPSA) is 64.1 Å². The van der Waals surface area contributed by atoms with Crippen molar-refractivity contribution in [2.24, 2.45) is 0 Å². The lowest BCUT2D eigenvalue weighted by molar-refractivity contribution is 0.100. The van der Waals surface area contributed by atoms with E-state index in [0.29, 0.717) is 11.7 Å². The molecule has 1 heterocycles. The highest BCUT2D eigenvalue weighted by molar-refractivity contribution is 5.30. The zero-order valence-corrected chi connectivity index (χ0v) is 7.56. The summed E-state index contributed by atoms with van der Waals surface area (Å²) in [5, 5.41) is 13.6. The number of anilines is 1. The minimum atomic E-state index is -0.163. The second-order valence-corrected chi connectivity index (χ2v) is 3.73. The maximum atomic E-state index is 9.48. The summed E-state index contributed by atoms with van der Waals surface area (Å²) in [7, 11) is 0. The first-order valence-electron chi connectivity index (χ1n) is 4.73. The highest BCUT2D eigenvalue weighted by Crippen LogP contribution is 2.28. The molecule has 0 saturated heterocycles. The lowest BCUT2D eigenvalue weighted by Gasteiger charge is -2.25. The molecule has 1 aromatic heterocycles. The van der Waals surface area contributed by atoms with Gasteiger partial charge in [-0.05, 0) is 25.7 Å². The molecule has 0 radical (unpaired) electrons. The fraction of sp³-hybridized carbons (Fsp3) is 0.667. The van der Waals surface area contributed by atoms with Gasteiger partial charge >= 0.3 is 0 Å². The summed E-state index contributed by atoms with van der Waals surface area (Å²) in [4.78, 5) is 0. The zero-order chi connectivity index (χ0) is 9.26. The number of rotatable bonds is 1. The van der Waals surface area contributed by atoms with Crippen LogP contribution in [0.4, 0.5) is 5.69 Å². The van der Waals surface area contributed by atoms with Crippen molar-refractivity contribution < 1.29 is 5.11 Å². The van der Waals surface area contributed by atoms with Gasteiger partial charge in [-0.3, -0.25) is 4.68 Å². The van der Waals surface area contributed by atoms with Crippen LogP contribution in [0.25, 0.3) is 0 Å². The summed E-state index contributed by atoms with van der Waals surface area (Å²) >= 11 is 0. The van der Waals surface area contributed by atoms with Crippen molar-refractivity contribution in [2.45, 2.75) is 37.8 Å². The number of nitrogens with two attached hydrogens (primary N) is 1. The first kappa shape index (κ1) is 8.56. The molecule has 1 aromatic rings. The first-order valence-corrected chi connectivity index (χ1v) is 4.73. The van der Waals surface area contributed by atoms with Crippen LogP contribution < -0.4 is 5.73 Å². The predicted octanol–water partition coefficient (Wildman–Crippen LogP) is 0.941. The van der Waals surface area contributed by atoms with Crippen molar-refractivity contribution in [3.05, 3.63) is 12.4 Å². The number of aliphatic hydroxyl groups is 1. The van der Waals surface area contributed by atoms with Crippen LogP contribution in [0.15, 0.2) is 12.4 Å². The van der Waals surface area contributed by atoms with Crippen LogP contribution in [0.3, 0.4) is 0 Å². The molecule has 0 bridgehead atoms. The molecule has 2 rings (SSSR count). The van der Waals surface area contributed by atoms with E-state index in [0.717, 1.165) is 25.7 Å². The van der Waals surface area contributed by atoms with E-state index < -0.39 is 0 Å². The van der Waals surface area contributed by atoms with E-state index in [9.17, 15) is 5.11 Å². The van der Waals surface area contributed by atoms with Crippen molar-refractivity contribution in [1.82, 2.24) is 9.78 Å². The minimum Gasteiger partial charge on any atom is -0.396 e. The van der Waals surface area contributed by atoms with Gasteiger partial charge in [-0.15, -0.1) is 0 Å². The Morgan fingerprint density at radius 1 is 1.54 bits per heavy atom. The predicted molar refractivity (Wildman–Crippen MR) is 50.2 cm³/mol. The second kappa shape index (κ2) is 3.38. The van der Waals surface area contributed by atoms with Gasteiger partial charge in [-0.2, -0.15) is 5.10 Å². The van der Waals surface area contributed by atoms with Crippen molar-refractivity contribution in [3.8, 4) is 0 Å². The molecule has 1 aliphatic carbocycles. The number of nitrogens with zero attached hydrogens (tertiary/aromatic N) is 2. The Balaban J connectivity index is 2.08. The Morgan fingerprint density at radius 3 is 3.00 bits per heavy atom. The molecule has 72 valence electrons. The Morgan fingerprint density at radius 2 is 2.38 bits per heavy atom.